The first kappa shape index (κ1) is 12.7. The molecule has 3 N–H and O–H groups in total. The van der Waals surface area contributed by atoms with Gasteiger partial charge in [0.25, 0.3) is 0 Å². The van der Waals surface area contributed by atoms with Gasteiger partial charge in [-0.2, -0.15) is 9.61 Å². The van der Waals surface area contributed by atoms with E-state index in [1.165, 1.54) is 6.20 Å². The van der Waals surface area contributed by atoms with Crippen LogP contribution in [0.25, 0.3) is 5.65 Å². The molecule has 112 valence electrons. The molecule has 9 nitrogen and oxygen atoms in total. The highest BCUT2D eigenvalue weighted by molar-refractivity contribution is 5.88. The van der Waals surface area contributed by atoms with Gasteiger partial charge in [0.2, 0.25) is 0 Å². The van der Waals surface area contributed by atoms with E-state index in [4.69, 9.17) is 5.11 Å². The normalized spacial score (nSPS) is 14.4. The Morgan fingerprint density at radius 3 is 3.05 bits per heavy atom. The molecule has 3 aromatic heterocycles. The maximum Gasteiger partial charge on any atom is 0.339 e. The maximum atomic E-state index is 11.0. The molecule has 0 aliphatic heterocycles. The summed E-state index contributed by atoms with van der Waals surface area (Å²) in [5.41, 5.74) is 1.36. The lowest BCUT2D eigenvalue weighted by molar-refractivity contribution is 0.0696. The smallest absolute Gasteiger partial charge is 0.339 e. The second-order valence-electron chi connectivity index (χ2n) is 5.24. The number of anilines is 1. The Labute approximate surface area is 124 Å². The molecule has 0 atom stereocenters. The summed E-state index contributed by atoms with van der Waals surface area (Å²) >= 11 is 0. The Balaban J connectivity index is 1.57. The molecule has 1 aliphatic rings. The van der Waals surface area contributed by atoms with Crippen LogP contribution < -0.4 is 5.32 Å². The van der Waals surface area contributed by atoms with Gasteiger partial charge in [0.05, 0.1) is 18.4 Å². The molecule has 1 fully saturated rings. The van der Waals surface area contributed by atoms with E-state index in [1.54, 1.807) is 10.6 Å². The summed E-state index contributed by atoms with van der Waals surface area (Å²) in [6.45, 7) is 0.293. The minimum absolute atomic E-state index is 0.150. The number of nitrogens with one attached hydrogen (secondary N) is 2. The lowest BCUT2D eigenvalue weighted by Gasteiger charge is -2.05. The van der Waals surface area contributed by atoms with Gasteiger partial charge in [-0.15, -0.1) is 15.3 Å². The number of aromatic amines is 1. The number of rotatable bonds is 5. The van der Waals surface area contributed by atoms with E-state index in [-0.39, 0.29) is 5.56 Å². The molecule has 1 aliphatic carbocycles. The molecule has 0 bridgehead atoms. The van der Waals surface area contributed by atoms with Gasteiger partial charge in [-0.3, -0.25) is 5.10 Å². The summed E-state index contributed by atoms with van der Waals surface area (Å²) in [6, 6.07) is 3.62. The highest BCUT2D eigenvalue weighted by atomic mass is 16.4. The molecule has 0 aromatic carbocycles. The Bertz CT molecular complexity index is 849. The fourth-order valence-electron chi connectivity index (χ4n) is 2.31. The standard InChI is InChI=1S/C13H13N7O2/c21-13(22)8-5-15-16-9(8)6-14-10-3-4-11-17-18-12(7-1-2-7)20(11)19-10/h3-5,7H,1-2,6H2,(H,14,19)(H,15,16)(H,21,22). The molecule has 0 unspecified atom stereocenters. The Hall–Kier alpha value is -2.97. The number of hydrogen-bond acceptors (Lipinski definition) is 6. The van der Waals surface area contributed by atoms with Gasteiger partial charge in [0, 0.05) is 5.92 Å². The highest BCUT2D eigenvalue weighted by Crippen LogP contribution is 2.38. The fraction of sp³-hybridized carbons (Fsp3) is 0.308. The quantitative estimate of drug-likeness (QED) is 0.643. The fourth-order valence-corrected chi connectivity index (χ4v) is 2.31. The van der Waals surface area contributed by atoms with Gasteiger partial charge in [0.1, 0.15) is 11.4 Å². The first-order valence-corrected chi connectivity index (χ1v) is 6.94. The average molecular weight is 299 g/mol. The van der Waals surface area contributed by atoms with E-state index >= 15 is 0 Å². The van der Waals surface area contributed by atoms with Crippen LogP contribution in [0.5, 0.6) is 0 Å². The summed E-state index contributed by atoms with van der Waals surface area (Å²) in [4.78, 5) is 11.0. The first-order chi connectivity index (χ1) is 10.7. The van der Waals surface area contributed by atoms with Crippen LogP contribution in [0.1, 0.15) is 40.6 Å². The van der Waals surface area contributed by atoms with Crippen molar-refractivity contribution in [2.75, 3.05) is 5.32 Å². The van der Waals surface area contributed by atoms with Crippen LogP contribution in [0.3, 0.4) is 0 Å². The number of carbonyl (C=O) groups is 1. The largest absolute Gasteiger partial charge is 0.478 e. The molecular formula is C13H13N7O2. The lowest BCUT2D eigenvalue weighted by atomic mass is 10.2. The summed E-state index contributed by atoms with van der Waals surface area (Å²) < 4.78 is 1.74. The van der Waals surface area contributed by atoms with Gasteiger partial charge in [-0.05, 0) is 25.0 Å². The Morgan fingerprint density at radius 2 is 2.27 bits per heavy atom. The van der Waals surface area contributed by atoms with Crippen molar-refractivity contribution in [1.29, 1.82) is 0 Å². The average Bonchev–Trinajstić information content (AvgIpc) is 3.10. The molecule has 3 heterocycles. The summed E-state index contributed by atoms with van der Waals surface area (Å²) in [6.07, 6.45) is 3.54. The zero-order chi connectivity index (χ0) is 15.1. The molecule has 4 rings (SSSR count). The Kier molecular flexibility index (Phi) is 2.78. The number of H-pyrrole nitrogens is 1. The van der Waals surface area contributed by atoms with E-state index in [2.05, 4.69) is 30.8 Å². The highest BCUT2D eigenvalue weighted by Gasteiger charge is 2.29. The number of carboxylic acid groups (broad SMARTS) is 1. The van der Waals surface area contributed by atoms with E-state index < -0.39 is 5.97 Å². The second-order valence-corrected chi connectivity index (χ2v) is 5.24. The topological polar surface area (TPSA) is 121 Å². The van der Waals surface area contributed by atoms with Crippen LogP contribution in [0.15, 0.2) is 18.3 Å². The molecule has 0 spiro atoms. The van der Waals surface area contributed by atoms with E-state index in [0.29, 0.717) is 29.6 Å². The number of carboxylic acids is 1. The number of fused-ring (bicyclic) bond motifs is 1. The molecule has 0 amide bonds. The van der Waals surface area contributed by atoms with Crippen molar-refractivity contribution in [3.05, 3.63) is 35.4 Å². The van der Waals surface area contributed by atoms with Crippen LogP contribution in [0, 0.1) is 0 Å². The third kappa shape index (κ3) is 2.16. The number of hydrogen-bond donors (Lipinski definition) is 3. The van der Waals surface area contributed by atoms with Crippen molar-refractivity contribution < 1.29 is 9.90 Å². The van der Waals surface area contributed by atoms with Gasteiger partial charge >= 0.3 is 5.97 Å². The predicted octanol–water partition coefficient (Wildman–Crippen LogP) is 1.04. The SMILES string of the molecule is O=C(O)c1cn[nH]c1CNc1ccc2nnc(C3CC3)n2n1. The summed E-state index contributed by atoms with van der Waals surface area (Å²) in [5.74, 6) is 0.944. The maximum absolute atomic E-state index is 11.0. The van der Waals surface area contributed by atoms with Crippen molar-refractivity contribution in [3.8, 4) is 0 Å². The minimum Gasteiger partial charge on any atom is -0.478 e. The molecule has 1 saturated carbocycles. The van der Waals surface area contributed by atoms with E-state index in [9.17, 15) is 4.79 Å². The number of aromatic nitrogens is 6. The molecule has 9 heteroatoms. The summed E-state index contributed by atoms with van der Waals surface area (Å²) in [7, 11) is 0. The van der Waals surface area contributed by atoms with E-state index in [1.807, 2.05) is 6.07 Å². The number of nitrogens with zero attached hydrogens (tertiary/aromatic N) is 5. The van der Waals surface area contributed by atoms with Crippen molar-refractivity contribution in [2.24, 2.45) is 0 Å². The zero-order valence-electron chi connectivity index (χ0n) is 11.5. The van der Waals surface area contributed by atoms with Crippen LogP contribution >= 0.6 is 0 Å². The van der Waals surface area contributed by atoms with Crippen molar-refractivity contribution in [3.63, 3.8) is 0 Å². The Morgan fingerprint density at radius 1 is 1.41 bits per heavy atom. The molecule has 3 aromatic rings. The van der Waals surface area contributed by atoms with Gasteiger partial charge in [-0.25, -0.2) is 4.79 Å². The summed E-state index contributed by atoms with van der Waals surface area (Å²) in [5, 5.41) is 31.3. The molecule has 0 saturated heterocycles. The molecule has 22 heavy (non-hydrogen) atoms. The van der Waals surface area contributed by atoms with Crippen LogP contribution in [0.2, 0.25) is 0 Å². The van der Waals surface area contributed by atoms with Crippen LogP contribution in [-0.2, 0) is 6.54 Å². The first-order valence-electron chi connectivity index (χ1n) is 6.94. The van der Waals surface area contributed by atoms with Crippen molar-refractivity contribution in [1.82, 2.24) is 30.0 Å². The zero-order valence-corrected chi connectivity index (χ0v) is 11.5. The van der Waals surface area contributed by atoms with Gasteiger partial charge in [-0.1, -0.05) is 0 Å². The third-order valence-electron chi connectivity index (χ3n) is 3.62. The molecular weight excluding hydrogens is 286 g/mol. The van der Waals surface area contributed by atoms with Gasteiger partial charge in [0.15, 0.2) is 11.5 Å². The molecule has 0 radical (unpaired) electrons. The lowest BCUT2D eigenvalue weighted by Crippen LogP contribution is -2.08. The monoisotopic (exact) mass is 299 g/mol. The second kappa shape index (κ2) is 4.79. The van der Waals surface area contributed by atoms with Crippen LogP contribution in [-0.4, -0.2) is 41.1 Å². The van der Waals surface area contributed by atoms with Gasteiger partial charge < -0.3 is 10.4 Å². The minimum atomic E-state index is -1.01. The predicted molar refractivity (Wildman–Crippen MR) is 75.6 cm³/mol. The van der Waals surface area contributed by atoms with Crippen molar-refractivity contribution in [2.45, 2.75) is 25.3 Å². The van der Waals surface area contributed by atoms with Crippen LogP contribution in [0.4, 0.5) is 5.82 Å². The third-order valence-corrected chi connectivity index (χ3v) is 3.62. The van der Waals surface area contributed by atoms with E-state index in [0.717, 1.165) is 18.7 Å². The van der Waals surface area contributed by atoms with Crippen molar-refractivity contribution >= 4 is 17.4 Å². The number of aromatic carboxylic acids is 1.